The summed E-state index contributed by atoms with van der Waals surface area (Å²) in [5.41, 5.74) is 6.32. The molecular weight excluding hydrogens is 264 g/mol. The fraction of sp³-hybridized carbons (Fsp3) is 0.176. The van der Waals surface area contributed by atoms with Crippen LogP contribution in [0.25, 0.3) is 0 Å². The first kappa shape index (κ1) is 14.8. The Kier molecular flexibility index (Phi) is 4.38. The Hall–Kier alpha value is -2.62. The zero-order chi connectivity index (χ0) is 15.4. The number of nitrogens with zero attached hydrogens (tertiary/aromatic N) is 1. The van der Waals surface area contributed by atoms with E-state index < -0.39 is 0 Å². The van der Waals surface area contributed by atoms with Gasteiger partial charge in [0, 0.05) is 11.1 Å². The Bertz CT molecular complexity index is 688. The number of carbonyl (C=O) groups is 1. The van der Waals surface area contributed by atoms with Crippen molar-refractivity contribution in [3.8, 4) is 5.75 Å². The van der Waals surface area contributed by atoms with Gasteiger partial charge in [-0.05, 0) is 45.0 Å². The highest BCUT2D eigenvalue weighted by Crippen LogP contribution is 2.18. The van der Waals surface area contributed by atoms with E-state index in [4.69, 9.17) is 0 Å². The first-order valence-corrected chi connectivity index (χ1v) is 6.68. The minimum absolute atomic E-state index is 0.145. The number of carbonyl (C=O) groups excluding carboxylic acids is 1. The van der Waals surface area contributed by atoms with Crippen LogP contribution in [0.3, 0.4) is 0 Å². The number of hydrazone groups is 1. The second-order valence-electron chi connectivity index (χ2n) is 5.02. The van der Waals surface area contributed by atoms with Crippen molar-refractivity contribution in [1.29, 1.82) is 0 Å². The van der Waals surface area contributed by atoms with Crippen LogP contribution >= 0.6 is 0 Å². The standard InChI is InChI=1S/C17H18N2O2/c1-11-4-7-14(8-5-11)17(21)19-18-13(3)15-10-12(2)6-9-16(15)20/h4-10,20H,1-3H3,(H,19,21). The summed E-state index contributed by atoms with van der Waals surface area (Å²) >= 11 is 0. The Morgan fingerprint density at radius 1 is 1.05 bits per heavy atom. The van der Waals surface area contributed by atoms with Crippen LogP contribution in [0.1, 0.15) is 34.0 Å². The lowest BCUT2D eigenvalue weighted by atomic mass is 10.1. The fourth-order valence-corrected chi connectivity index (χ4v) is 1.90. The summed E-state index contributed by atoms with van der Waals surface area (Å²) in [6.07, 6.45) is 0. The third-order valence-electron chi connectivity index (χ3n) is 3.18. The Labute approximate surface area is 124 Å². The fourth-order valence-electron chi connectivity index (χ4n) is 1.90. The zero-order valence-corrected chi connectivity index (χ0v) is 12.3. The lowest BCUT2D eigenvalue weighted by Gasteiger charge is -2.06. The summed E-state index contributed by atoms with van der Waals surface area (Å²) in [6.45, 7) is 5.63. The number of nitrogens with one attached hydrogen (secondary N) is 1. The molecule has 2 rings (SSSR count). The zero-order valence-electron chi connectivity index (χ0n) is 12.3. The summed E-state index contributed by atoms with van der Waals surface area (Å²) < 4.78 is 0. The van der Waals surface area contributed by atoms with Crippen molar-refractivity contribution >= 4 is 11.6 Å². The molecule has 0 aromatic heterocycles. The van der Waals surface area contributed by atoms with Gasteiger partial charge in [0.1, 0.15) is 5.75 Å². The molecule has 4 nitrogen and oxygen atoms in total. The number of hydrogen-bond acceptors (Lipinski definition) is 3. The monoisotopic (exact) mass is 282 g/mol. The maximum absolute atomic E-state index is 12.0. The molecule has 0 atom stereocenters. The largest absolute Gasteiger partial charge is 0.507 e. The Balaban J connectivity index is 2.14. The molecule has 0 radical (unpaired) electrons. The van der Waals surface area contributed by atoms with Gasteiger partial charge in [-0.15, -0.1) is 0 Å². The van der Waals surface area contributed by atoms with Gasteiger partial charge in [-0.25, -0.2) is 5.43 Å². The average Bonchev–Trinajstić information content (AvgIpc) is 2.47. The number of benzene rings is 2. The lowest BCUT2D eigenvalue weighted by Crippen LogP contribution is -2.19. The summed E-state index contributed by atoms with van der Waals surface area (Å²) in [6, 6.07) is 12.5. The smallest absolute Gasteiger partial charge is 0.271 e. The van der Waals surface area contributed by atoms with E-state index in [-0.39, 0.29) is 11.7 Å². The second-order valence-corrected chi connectivity index (χ2v) is 5.02. The molecule has 0 saturated heterocycles. The molecule has 0 spiro atoms. The van der Waals surface area contributed by atoms with E-state index in [1.54, 1.807) is 25.1 Å². The van der Waals surface area contributed by atoms with E-state index in [1.165, 1.54) is 0 Å². The number of aryl methyl sites for hydroxylation is 2. The molecule has 0 aliphatic carbocycles. The molecule has 2 aromatic rings. The van der Waals surface area contributed by atoms with E-state index in [1.807, 2.05) is 38.1 Å². The molecule has 1 amide bonds. The van der Waals surface area contributed by atoms with Crippen molar-refractivity contribution in [2.45, 2.75) is 20.8 Å². The van der Waals surface area contributed by atoms with Gasteiger partial charge in [0.25, 0.3) is 5.91 Å². The highest BCUT2D eigenvalue weighted by Gasteiger charge is 2.07. The van der Waals surface area contributed by atoms with Gasteiger partial charge < -0.3 is 5.11 Å². The van der Waals surface area contributed by atoms with E-state index in [9.17, 15) is 9.90 Å². The average molecular weight is 282 g/mol. The van der Waals surface area contributed by atoms with Crippen LogP contribution in [0.5, 0.6) is 5.75 Å². The van der Waals surface area contributed by atoms with Crippen molar-refractivity contribution in [3.05, 3.63) is 64.7 Å². The minimum atomic E-state index is -0.276. The van der Waals surface area contributed by atoms with Crippen LogP contribution in [0.2, 0.25) is 0 Å². The van der Waals surface area contributed by atoms with Crippen LogP contribution in [-0.4, -0.2) is 16.7 Å². The van der Waals surface area contributed by atoms with Gasteiger partial charge in [0.2, 0.25) is 0 Å². The van der Waals surface area contributed by atoms with E-state index in [2.05, 4.69) is 10.5 Å². The van der Waals surface area contributed by atoms with Gasteiger partial charge in [0.05, 0.1) is 5.71 Å². The van der Waals surface area contributed by atoms with Crippen molar-refractivity contribution in [1.82, 2.24) is 5.43 Å². The molecule has 4 heteroatoms. The molecule has 0 saturated carbocycles. The predicted octanol–water partition coefficient (Wildman–Crippen LogP) is 3.16. The second kappa shape index (κ2) is 6.22. The van der Waals surface area contributed by atoms with Crippen molar-refractivity contribution in [3.63, 3.8) is 0 Å². The Morgan fingerprint density at radius 2 is 1.67 bits per heavy atom. The molecule has 0 fully saturated rings. The summed E-state index contributed by atoms with van der Waals surface area (Å²) in [7, 11) is 0. The third kappa shape index (κ3) is 3.69. The summed E-state index contributed by atoms with van der Waals surface area (Å²) in [5.74, 6) is -0.132. The van der Waals surface area contributed by atoms with Crippen LogP contribution in [-0.2, 0) is 0 Å². The van der Waals surface area contributed by atoms with Crippen molar-refractivity contribution in [2.75, 3.05) is 0 Å². The predicted molar refractivity (Wildman–Crippen MR) is 83.7 cm³/mol. The van der Waals surface area contributed by atoms with Crippen LogP contribution in [0.4, 0.5) is 0 Å². The number of phenolic OH excluding ortho intramolecular Hbond substituents is 1. The van der Waals surface area contributed by atoms with Crippen molar-refractivity contribution in [2.24, 2.45) is 5.10 Å². The summed E-state index contributed by atoms with van der Waals surface area (Å²) in [4.78, 5) is 12.0. The van der Waals surface area contributed by atoms with Gasteiger partial charge in [-0.2, -0.15) is 5.10 Å². The Morgan fingerprint density at radius 3 is 2.33 bits per heavy atom. The molecule has 0 heterocycles. The minimum Gasteiger partial charge on any atom is -0.507 e. The molecule has 2 aromatic carbocycles. The number of amides is 1. The molecule has 108 valence electrons. The topological polar surface area (TPSA) is 61.7 Å². The van der Waals surface area contributed by atoms with Gasteiger partial charge >= 0.3 is 0 Å². The van der Waals surface area contributed by atoms with Gasteiger partial charge in [-0.3, -0.25) is 4.79 Å². The van der Waals surface area contributed by atoms with E-state index in [0.717, 1.165) is 11.1 Å². The van der Waals surface area contributed by atoms with Gasteiger partial charge in [-0.1, -0.05) is 29.3 Å². The lowest BCUT2D eigenvalue weighted by molar-refractivity contribution is 0.0955. The molecule has 21 heavy (non-hydrogen) atoms. The van der Waals surface area contributed by atoms with E-state index >= 15 is 0 Å². The van der Waals surface area contributed by atoms with Crippen LogP contribution in [0.15, 0.2) is 47.6 Å². The molecule has 0 unspecified atom stereocenters. The van der Waals surface area contributed by atoms with E-state index in [0.29, 0.717) is 16.8 Å². The molecule has 0 aliphatic rings. The number of phenols is 1. The quantitative estimate of drug-likeness (QED) is 0.671. The number of rotatable bonds is 3. The first-order chi connectivity index (χ1) is 9.97. The maximum atomic E-state index is 12.0. The van der Waals surface area contributed by atoms with Crippen molar-refractivity contribution < 1.29 is 9.90 Å². The highest BCUT2D eigenvalue weighted by atomic mass is 16.3. The molecule has 0 bridgehead atoms. The number of hydrogen-bond donors (Lipinski definition) is 2. The maximum Gasteiger partial charge on any atom is 0.271 e. The molecular formula is C17H18N2O2. The number of aromatic hydroxyl groups is 1. The van der Waals surface area contributed by atoms with Crippen LogP contribution in [0, 0.1) is 13.8 Å². The first-order valence-electron chi connectivity index (χ1n) is 6.68. The van der Waals surface area contributed by atoms with Crippen LogP contribution < -0.4 is 5.43 Å². The normalized spacial score (nSPS) is 11.3. The van der Waals surface area contributed by atoms with Gasteiger partial charge in [0.15, 0.2) is 0 Å². The summed E-state index contributed by atoms with van der Waals surface area (Å²) in [5, 5.41) is 13.9. The third-order valence-corrected chi connectivity index (χ3v) is 3.18. The SMILES string of the molecule is CC(=NNC(=O)c1ccc(C)cc1)c1cc(C)ccc1O. The molecule has 2 N–H and O–H groups in total. The highest BCUT2D eigenvalue weighted by molar-refractivity contribution is 6.02. The molecule has 0 aliphatic heterocycles.